The van der Waals surface area contributed by atoms with Gasteiger partial charge in [0.1, 0.15) is 5.75 Å². The third-order valence-corrected chi connectivity index (χ3v) is 3.13. The minimum absolute atomic E-state index is 0.0736. The summed E-state index contributed by atoms with van der Waals surface area (Å²) in [6.45, 7) is 2.35. The Labute approximate surface area is 97.8 Å². The second-order valence-electron chi connectivity index (χ2n) is 3.96. The summed E-state index contributed by atoms with van der Waals surface area (Å²) in [6, 6.07) is 5.46. The molecular formula is C12H13BrO2. The van der Waals surface area contributed by atoms with Crippen LogP contribution in [0, 0.1) is 5.92 Å². The largest absolute Gasteiger partial charge is 0.492 e. The van der Waals surface area contributed by atoms with Crippen molar-refractivity contribution >= 4 is 21.7 Å². The summed E-state index contributed by atoms with van der Waals surface area (Å²) in [5, 5.41) is 0. The molecule has 2 nitrogen and oxygen atoms in total. The summed E-state index contributed by atoms with van der Waals surface area (Å²) in [5.74, 6) is 1.64. The van der Waals surface area contributed by atoms with Crippen molar-refractivity contribution < 1.29 is 9.53 Å². The molecular weight excluding hydrogens is 256 g/mol. The average Bonchev–Trinajstić information content (AvgIpc) is 2.99. The zero-order valence-corrected chi connectivity index (χ0v) is 10.2. The first-order valence-electron chi connectivity index (χ1n) is 5.10. The van der Waals surface area contributed by atoms with Gasteiger partial charge < -0.3 is 4.74 Å². The van der Waals surface area contributed by atoms with E-state index in [9.17, 15) is 4.79 Å². The van der Waals surface area contributed by atoms with Gasteiger partial charge in [0.25, 0.3) is 0 Å². The quantitative estimate of drug-likeness (QED) is 0.782. The van der Waals surface area contributed by atoms with Crippen LogP contribution in [0.15, 0.2) is 22.7 Å². The third kappa shape index (κ3) is 2.81. The molecule has 0 atom stereocenters. The molecule has 1 fully saturated rings. The summed E-state index contributed by atoms with van der Waals surface area (Å²) in [7, 11) is 0. The molecule has 0 saturated heterocycles. The number of ketones is 1. The third-order valence-electron chi connectivity index (χ3n) is 2.51. The SMILES string of the molecule is CC(=O)c1ccc(OCC2CC2)c(Br)c1. The van der Waals surface area contributed by atoms with E-state index < -0.39 is 0 Å². The van der Waals surface area contributed by atoms with Crippen molar-refractivity contribution in [2.45, 2.75) is 19.8 Å². The molecule has 1 saturated carbocycles. The van der Waals surface area contributed by atoms with Crippen molar-refractivity contribution in [3.63, 3.8) is 0 Å². The van der Waals surface area contributed by atoms with E-state index in [1.807, 2.05) is 12.1 Å². The van der Waals surface area contributed by atoms with Crippen LogP contribution in [-0.4, -0.2) is 12.4 Å². The van der Waals surface area contributed by atoms with Gasteiger partial charge in [0.05, 0.1) is 11.1 Å². The Kier molecular flexibility index (Phi) is 3.10. The molecule has 0 amide bonds. The van der Waals surface area contributed by atoms with Gasteiger partial charge in [-0.05, 0) is 59.8 Å². The van der Waals surface area contributed by atoms with E-state index in [0.717, 1.165) is 22.7 Å². The predicted molar refractivity (Wildman–Crippen MR) is 62.4 cm³/mol. The maximum Gasteiger partial charge on any atom is 0.159 e. The summed E-state index contributed by atoms with van der Waals surface area (Å²) >= 11 is 3.41. The highest BCUT2D eigenvalue weighted by molar-refractivity contribution is 9.10. The van der Waals surface area contributed by atoms with Gasteiger partial charge in [-0.15, -0.1) is 0 Å². The fourth-order valence-electron chi connectivity index (χ4n) is 1.33. The van der Waals surface area contributed by atoms with E-state index in [1.165, 1.54) is 12.8 Å². The summed E-state index contributed by atoms with van der Waals surface area (Å²) in [6.07, 6.45) is 2.56. The zero-order chi connectivity index (χ0) is 10.8. The van der Waals surface area contributed by atoms with E-state index >= 15 is 0 Å². The van der Waals surface area contributed by atoms with E-state index in [2.05, 4.69) is 15.9 Å². The lowest BCUT2D eigenvalue weighted by molar-refractivity contribution is 0.101. The van der Waals surface area contributed by atoms with E-state index in [1.54, 1.807) is 13.0 Å². The zero-order valence-electron chi connectivity index (χ0n) is 8.63. The Bertz CT molecular complexity index is 383. The van der Waals surface area contributed by atoms with Crippen LogP contribution in [0.1, 0.15) is 30.1 Å². The summed E-state index contributed by atoms with van der Waals surface area (Å²) in [5.41, 5.74) is 0.709. The molecule has 0 aromatic heterocycles. The number of ether oxygens (including phenoxy) is 1. The topological polar surface area (TPSA) is 26.3 Å². The Balaban J connectivity index is 2.07. The first kappa shape index (κ1) is 10.7. The molecule has 1 aliphatic rings. The Hall–Kier alpha value is -0.830. The van der Waals surface area contributed by atoms with Crippen molar-refractivity contribution in [3.8, 4) is 5.75 Å². The normalized spacial score (nSPS) is 15.1. The van der Waals surface area contributed by atoms with Crippen LogP contribution in [-0.2, 0) is 0 Å². The second kappa shape index (κ2) is 4.35. The van der Waals surface area contributed by atoms with Gasteiger partial charge in [0.2, 0.25) is 0 Å². The highest BCUT2D eigenvalue weighted by Crippen LogP contribution is 2.32. The van der Waals surface area contributed by atoms with Crippen molar-refractivity contribution in [1.82, 2.24) is 0 Å². The number of hydrogen-bond donors (Lipinski definition) is 0. The van der Waals surface area contributed by atoms with Crippen LogP contribution in [0.2, 0.25) is 0 Å². The number of benzene rings is 1. The number of halogens is 1. The highest BCUT2D eigenvalue weighted by atomic mass is 79.9. The molecule has 0 heterocycles. The Morgan fingerprint density at radius 3 is 2.80 bits per heavy atom. The second-order valence-corrected chi connectivity index (χ2v) is 4.81. The summed E-state index contributed by atoms with van der Waals surface area (Å²) in [4.78, 5) is 11.1. The smallest absolute Gasteiger partial charge is 0.159 e. The molecule has 1 aliphatic carbocycles. The monoisotopic (exact) mass is 268 g/mol. The lowest BCUT2D eigenvalue weighted by atomic mass is 10.1. The molecule has 0 N–H and O–H groups in total. The van der Waals surface area contributed by atoms with E-state index in [-0.39, 0.29) is 5.78 Å². The molecule has 3 heteroatoms. The van der Waals surface area contributed by atoms with Gasteiger partial charge >= 0.3 is 0 Å². The van der Waals surface area contributed by atoms with Crippen LogP contribution in [0.5, 0.6) is 5.75 Å². The number of hydrogen-bond acceptors (Lipinski definition) is 2. The van der Waals surface area contributed by atoms with E-state index in [4.69, 9.17) is 4.74 Å². The van der Waals surface area contributed by atoms with Crippen LogP contribution in [0.4, 0.5) is 0 Å². The molecule has 80 valence electrons. The van der Waals surface area contributed by atoms with Gasteiger partial charge in [0.15, 0.2) is 5.78 Å². The highest BCUT2D eigenvalue weighted by Gasteiger charge is 2.22. The molecule has 0 aliphatic heterocycles. The minimum atomic E-state index is 0.0736. The molecule has 15 heavy (non-hydrogen) atoms. The molecule has 2 rings (SSSR count). The molecule has 1 aromatic rings. The molecule has 0 bridgehead atoms. The van der Waals surface area contributed by atoms with Crippen molar-refractivity contribution in [3.05, 3.63) is 28.2 Å². The van der Waals surface area contributed by atoms with E-state index in [0.29, 0.717) is 5.56 Å². The average molecular weight is 269 g/mol. The molecule has 0 unspecified atom stereocenters. The van der Waals surface area contributed by atoms with Crippen LogP contribution >= 0.6 is 15.9 Å². The van der Waals surface area contributed by atoms with Gasteiger partial charge in [-0.1, -0.05) is 0 Å². The Morgan fingerprint density at radius 2 is 2.27 bits per heavy atom. The standard InChI is InChI=1S/C12H13BrO2/c1-8(14)10-4-5-12(11(13)6-10)15-7-9-2-3-9/h4-6,9H,2-3,7H2,1H3. The maximum absolute atomic E-state index is 11.1. The van der Waals surface area contributed by atoms with Crippen LogP contribution in [0.25, 0.3) is 0 Å². The lowest BCUT2D eigenvalue weighted by Gasteiger charge is -2.08. The van der Waals surface area contributed by atoms with Gasteiger partial charge in [-0.2, -0.15) is 0 Å². The summed E-state index contributed by atoms with van der Waals surface area (Å²) < 4.78 is 6.49. The predicted octanol–water partition coefficient (Wildman–Crippen LogP) is 3.44. The molecule has 0 radical (unpaired) electrons. The van der Waals surface area contributed by atoms with Crippen molar-refractivity contribution in [2.24, 2.45) is 5.92 Å². The maximum atomic E-state index is 11.1. The molecule has 1 aromatic carbocycles. The lowest BCUT2D eigenvalue weighted by Crippen LogP contribution is -2.00. The fourth-order valence-corrected chi connectivity index (χ4v) is 1.82. The minimum Gasteiger partial charge on any atom is -0.492 e. The van der Waals surface area contributed by atoms with Gasteiger partial charge in [-0.3, -0.25) is 4.79 Å². The number of Topliss-reactive ketones (excluding diaryl/α,β-unsaturated/α-hetero) is 1. The van der Waals surface area contributed by atoms with Crippen LogP contribution in [0.3, 0.4) is 0 Å². The number of carbonyl (C=O) groups excluding carboxylic acids is 1. The van der Waals surface area contributed by atoms with Gasteiger partial charge in [-0.25, -0.2) is 0 Å². The first-order chi connectivity index (χ1) is 7.16. The van der Waals surface area contributed by atoms with Crippen molar-refractivity contribution in [2.75, 3.05) is 6.61 Å². The Morgan fingerprint density at radius 1 is 1.53 bits per heavy atom. The number of rotatable bonds is 4. The fraction of sp³-hybridized carbons (Fsp3) is 0.417. The van der Waals surface area contributed by atoms with Gasteiger partial charge in [0, 0.05) is 5.56 Å². The molecule has 0 spiro atoms. The van der Waals surface area contributed by atoms with Crippen LogP contribution < -0.4 is 4.74 Å². The number of carbonyl (C=O) groups is 1. The van der Waals surface area contributed by atoms with Crippen molar-refractivity contribution in [1.29, 1.82) is 0 Å². The first-order valence-corrected chi connectivity index (χ1v) is 5.89.